The van der Waals surface area contributed by atoms with Crippen LogP contribution >= 0.6 is 0 Å². The van der Waals surface area contributed by atoms with Gasteiger partial charge in [0.25, 0.3) is 11.6 Å². The smallest absolute Gasteiger partial charge is 0.294 e. The van der Waals surface area contributed by atoms with Gasteiger partial charge in [-0.3, -0.25) is 26.1 Å². The third kappa shape index (κ3) is 2.81. The van der Waals surface area contributed by atoms with E-state index in [0.29, 0.717) is 0 Å². The Kier molecular flexibility index (Phi) is 3.77. The average molecular weight is 275 g/mol. The lowest BCUT2D eigenvalue weighted by Crippen LogP contribution is -2.15. The normalized spacial score (nSPS) is 9.85. The fraction of sp³-hybridized carbons (Fsp3) is 0. The molecule has 0 aliphatic rings. The minimum atomic E-state index is -0.646. The average Bonchev–Trinajstić information content (AvgIpc) is 2.47. The number of nitrogen functional groups attached to an aromatic ring is 1. The summed E-state index contributed by atoms with van der Waals surface area (Å²) in [5.74, 6) is 4.56. The number of rotatable bonds is 4. The van der Waals surface area contributed by atoms with Gasteiger partial charge in [0.2, 0.25) is 5.95 Å². The fourth-order valence-electron chi connectivity index (χ4n) is 1.42. The van der Waals surface area contributed by atoms with Crippen LogP contribution in [0.3, 0.4) is 0 Å². The Morgan fingerprint density at radius 2 is 2.15 bits per heavy atom. The lowest BCUT2D eigenvalue weighted by atomic mass is 10.1. The van der Waals surface area contributed by atoms with E-state index < -0.39 is 10.8 Å². The molecule has 1 aromatic carbocycles. The highest BCUT2D eigenvalue weighted by molar-refractivity contribution is 6.04. The first-order valence-electron chi connectivity index (χ1n) is 5.32. The Labute approximate surface area is 112 Å². The van der Waals surface area contributed by atoms with E-state index in [9.17, 15) is 14.9 Å². The van der Waals surface area contributed by atoms with E-state index in [2.05, 4.69) is 25.9 Å². The summed E-state index contributed by atoms with van der Waals surface area (Å²) in [4.78, 5) is 25.9. The first-order valence-corrected chi connectivity index (χ1v) is 5.32. The molecule has 0 unspecified atom stereocenters. The van der Waals surface area contributed by atoms with Crippen LogP contribution in [-0.4, -0.2) is 26.0 Å². The predicted octanol–water partition coefficient (Wildman–Crippen LogP) is 0.318. The van der Waals surface area contributed by atoms with Crippen LogP contribution in [0.25, 0.3) is 0 Å². The number of hydrazine groups is 1. The number of nitrogens with two attached hydrogens (primary N) is 1. The summed E-state index contributed by atoms with van der Waals surface area (Å²) in [5.41, 5.74) is 2.05. The van der Waals surface area contributed by atoms with Gasteiger partial charge in [-0.2, -0.15) is 5.10 Å². The van der Waals surface area contributed by atoms with Crippen LogP contribution in [0.2, 0.25) is 0 Å². The van der Waals surface area contributed by atoms with Gasteiger partial charge in [0.1, 0.15) is 5.69 Å². The van der Waals surface area contributed by atoms with Crippen molar-refractivity contribution in [3.05, 3.63) is 46.3 Å². The van der Waals surface area contributed by atoms with Crippen molar-refractivity contribution in [2.24, 2.45) is 5.84 Å². The summed E-state index contributed by atoms with van der Waals surface area (Å²) in [7, 11) is 0. The van der Waals surface area contributed by atoms with E-state index in [-0.39, 0.29) is 22.9 Å². The monoisotopic (exact) mass is 275 g/mol. The molecule has 20 heavy (non-hydrogen) atoms. The molecule has 0 bridgehead atoms. The Bertz CT molecular complexity index is 647. The van der Waals surface area contributed by atoms with E-state index in [4.69, 9.17) is 5.84 Å². The summed E-state index contributed by atoms with van der Waals surface area (Å²) in [6.45, 7) is 0. The molecular weight excluding hydrogens is 266 g/mol. The number of carbonyl (C=O) groups excluding carboxylic acids is 1. The van der Waals surface area contributed by atoms with E-state index in [1.165, 1.54) is 24.5 Å². The van der Waals surface area contributed by atoms with Crippen molar-refractivity contribution in [1.29, 1.82) is 0 Å². The summed E-state index contributed by atoms with van der Waals surface area (Å²) in [6.07, 6.45) is 2.70. The summed E-state index contributed by atoms with van der Waals surface area (Å²) < 4.78 is 0. The molecule has 2 aromatic rings. The zero-order valence-electron chi connectivity index (χ0n) is 9.98. The largest absolute Gasteiger partial charge is 0.318 e. The van der Waals surface area contributed by atoms with Crippen molar-refractivity contribution in [2.75, 3.05) is 10.7 Å². The van der Waals surface area contributed by atoms with Gasteiger partial charge >= 0.3 is 0 Å². The SMILES string of the molecule is NNc1ccc(C(=O)Nc2nccnn2)cc1[N+](=O)[O-]. The number of nitrogens with zero attached hydrogens (tertiary/aromatic N) is 4. The molecule has 0 atom stereocenters. The van der Waals surface area contributed by atoms with Crippen molar-refractivity contribution in [3.63, 3.8) is 0 Å². The van der Waals surface area contributed by atoms with Gasteiger partial charge in [-0.1, -0.05) is 0 Å². The Balaban J connectivity index is 2.27. The van der Waals surface area contributed by atoms with Crippen molar-refractivity contribution in [3.8, 4) is 0 Å². The minimum absolute atomic E-state index is 0.00109. The van der Waals surface area contributed by atoms with Crippen LogP contribution in [0.15, 0.2) is 30.6 Å². The molecule has 1 amide bonds. The number of nitrogens with one attached hydrogen (secondary N) is 2. The van der Waals surface area contributed by atoms with E-state index in [1.54, 1.807) is 0 Å². The van der Waals surface area contributed by atoms with Gasteiger partial charge in [-0.25, -0.2) is 4.98 Å². The highest BCUT2D eigenvalue weighted by Crippen LogP contribution is 2.24. The molecule has 10 nitrogen and oxygen atoms in total. The molecule has 2 rings (SSSR count). The van der Waals surface area contributed by atoms with Crippen LogP contribution in [-0.2, 0) is 0 Å². The van der Waals surface area contributed by atoms with Crippen LogP contribution in [0.1, 0.15) is 10.4 Å². The Hall–Kier alpha value is -3.14. The van der Waals surface area contributed by atoms with Gasteiger partial charge in [0.15, 0.2) is 0 Å². The second-order valence-electron chi connectivity index (χ2n) is 3.55. The second kappa shape index (κ2) is 5.67. The number of nitro benzene ring substituents is 1. The summed E-state index contributed by atoms with van der Waals surface area (Å²) >= 11 is 0. The van der Waals surface area contributed by atoms with Crippen molar-refractivity contribution >= 4 is 23.2 Å². The molecule has 102 valence electrons. The molecule has 0 saturated heterocycles. The second-order valence-corrected chi connectivity index (χ2v) is 3.55. The molecule has 1 aromatic heterocycles. The predicted molar refractivity (Wildman–Crippen MR) is 68.7 cm³/mol. The quantitative estimate of drug-likeness (QED) is 0.410. The molecule has 0 spiro atoms. The van der Waals surface area contributed by atoms with Crippen molar-refractivity contribution in [1.82, 2.24) is 15.2 Å². The maximum absolute atomic E-state index is 11.9. The van der Waals surface area contributed by atoms with Crippen LogP contribution < -0.4 is 16.6 Å². The molecule has 0 aliphatic heterocycles. The van der Waals surface area contributed by atoms with Gasteiger partial charge in [-0.05, 0) is 12.1 Å². The maximum Gasteiger partial charge on any atom is 0.294 e. The molecule has 10 heteroatoms. The Morgan fingerprint density at radius 3 is 2.75 bits per heavy atom. The maximum atomic E-state index is 11.9. The Morgan fingerprint density at radius 1 is 1.35 bits per heavy atom. The van der Waals surface area contributed by atoms with Gasteiger partial charge in [-0.15, -0.1) is 5.10 Å². The third-order valence-corrected chi connectivity index (χ3v) is 2.32. The minimum Gasteiger partial charge on any atom is -0.318 e. The van der Waals surface area contributed by atoms with Crippen molar-refractivity contribution < 1.29 is 9.72 Å². The number of benzene rings is 1. The highest BCUT2D eigenvalue weighted by Gasteiger charge is 2.17. The standard InChI is InChI=1S/C10H9N7O3/c11-15-7-2-1-6(5-8(7)17(19)20)9(18)14-10-12-3-4-13-16-10/h1-5,15H,11H2,(H,12,14,16,18). The zero-order chi connectivity index (χ0) is 14.5. The number of hydrogen-bond donors (Lipinski definition) is 3. The summed E-state index contributed by atoms with van der Waals surface area (Å²) in [5, 5.41) is 20.3. The topological polar surface area (TPSA) is 149 Å². The number of amides is 1. The lowest BCUT2D eigenvalue weighted by molar-refractivity contribution is -0.384. The van der Waals surface area contributed by atoms with Crippen LogP contribution in [0.5, 0.6) is 0 Å². The van der Waals surface area contributed by atoms with E-state index in [1.807, 2.05) is 0 Å². The molecule has 0 aliphatic carbocycles. The van der Waals surface area contributed by atoms with Gasteiger partial charge in [0.05, 0.1) is 17.3 Å². The number of anilines is 2. The lowest BCUT2D eigenvalue weighted by Gasteiger charge is -2.05. The van der Waals surface area contributed by atoms with E-state index in [0.717, 1.165) is 6.07 Å². The zero-order valence-corrected chi connectivity index (χ0v) is 9.98. The molecule has 1 heterocycles. The highest BCUT2D eigenvalue weighted by atomic mass is 16.6. The van der Waals surface area contributed by atoms with E-state index >= 15 is 0 Å². The molecule has 4 N–H and O–H groups in total. The number of carbonyl (C=O) groups is 1. The van der Waals surface area contributed by atoms with Gasteiger partial charge < -0.3 is 5.43 Å². The van der Waals surface area contributed by atoms with Crippen LogP contribution in [0.4, 0.5) is 17.3 Å². The number of hydrogen-bond acceptors (Lipinski definition) is 8. The van der Waals surface area contributed by atoms with Crippen LogP contribution in [0, 0.1) is 10.1 Å². The molecular formula is C10H9N7O3. The molecule has 0 saturated carbocycles. The molecule has 0 radical (unpaired) electrons. The molecule has 0 fully saturated rings. The fourth-order valence-corrected chi connectivity index (χ4v) is 1.42. The van der Waals surface area contributed by atoms with Crippen molar-refractivity contribution in [2.45, 2.75) is 0 Å². The third-order valence-electron chi connectivity index (χ3n) is 2.32. The number of nitro groups is 1. The first kappa shape index (κ1) is 13.3. The number of aromatic nitrogens is 3. The van der Waals surface area contributed by atoms with Gasteiger partial charge in [0, 0.05) is 11.6 Å². The summed E-state index contributed by atoms with van der Waals surface area (Å²) in [6, 6.07) is 3.81. The first-order chi connectivity index (χ1) is 9.61.